The topological polar surface area (TPSA) is 63.6 Å². The first-order valence-electron chi connectivity index (χ1n) is 10.9. The number of carbonyl (C=O) groups is 2. The predicted molar refractivity (Wildman–Crippen MR) is 124 cm³/mol. The van der Waals surface area contributed by atoms with Crippen molar-refractivity contribution in [2.45, 2.75) is 32.7 Å². The van der Waals surface area contributed by atoms with E-state index in [1.807, 2.05) is 36.1 Å². The minimum atomic E-state index is 0.00247. The zero-order valence-corrected chi connectivity index (χ0v) is 18.9. The van der Waals surface area contributed by atoms with Gasteiger partial charge in [0.15, 0.2) is 0 Å². The summed E-state index contributed by atoms with van der Waals surface area (Å²) in [7, 11) is 1.66. The first-order valence-corrected chi connectivity index (χ1v) is 11.7. The summed E-state index contributed by atoms with van der Waals surface area (Å²) in [5.74, 6) is 0.973. The molecule has 2 amide bonds. The highest BCUT2D eigenvalue weighted by molar-refractivity contribution is 7.16. The van der Waals surface area contributed by atoms with Gasteiger partial charge in [-0.05, 0) is 54.5 Å². The lowest BCUT2D eigenvalue weighted by Gasteiger charge is -2.31. The lowest BCUT2D eigenvalue weighted by Crippen LogP contribution is -2.43. The number of likely N-dealkylation sites (tertiary alicyclic amines) is 1. The van der Waals surface area contributed by atoms with Gasteiger partial charge in [-0.2, -0.15) is 0 Å². The fourth-order valence-electron chi connectivity index (χ4n) is 4.16. The SMILES string of the molecule is CCCNC(=O)C1CCN(C(=O)c2cc3ccsc3n2Cc2cccc(OC)c2)CC1. The van der Waals surface area contributed by atoms with Gasteiger partial charge in [-0.3, -0.25) is 9.59 Å². The number of rotatable bonds is 7. The summed E-state index contributed by atoms with van der Waals surface area (Å²) in [4.78, 5) is 28.7. The van der Waals surface area contributed by atoms with E-state index in [1.54, 1.807) is 18.4 Å². The van der Waals surface area contributed by atoms with E-state index in [9.17, 15) is 9.59 Å². The molecule has 0 saturated carbocycles. The van der Waals surface area contributed by atoms with Crippen molar-refractivity contribution in [1.82, 2.24) is 14.8 Å². The van der Waals surface area contributed by atoms with Crippen molar-refractivity contribution in [3.8, 4) is 5.75 Å². The van der Waals surface area contributed by atoms with E-state index in [0.29, 0.717) is 44.7 Å². The number of piperidine rings is 1. The third-order valence-electron chi connectivity index (χ3n) is 5.90. The molecule has 0 aliphatic carbocycles. The Hall–Kier alpha value is -2.80. The molecule has 0 atom stereocenters. The number of aromatic nitrogens is 1. The second-order valence-electron chi connectivity index (χ2n) is 8.01. The van der Waals surface area contributed by atoms with Crippen LogP contribution in [0.15, 0.2) is 41.8 Å². The monoisotopic (exact) mass is 439 g/mol. The highest BCUT2D eigenvalue weighted by Gasteiger charge is 2.29. The predicted octanol–water partition coefficient (Wildman–Crippen LogP) is 4.14. The van der Waals surface area contributed by atoms with Gasteiger partial charge in [0.1, 0.15) is 16.3 Å². The average molecular weight is 440 g/mol. The van der Waals surface area contributed by atoms with E-state index in [0.717, 1.165) is 28.0 Å². The molecule has 1 fully saturated rings. The van der Waals surface area contributed by atoms with E-state index in [2.05, 4.69) is 27.4 Å². The van der Waals surface area contributed by atoms with Crippen molar-refractivity contribution >= 4 is 33.4 Å². The van der Waals surface area contributed by atoms with Gasteiger partial charge in [0.25, 0.3) is 5.91 Å². The molecule has 1 aromatic carbocycles. The molecule has 2 aromatic heterocycles. The molecule has 6 nitrogen and oxygen atoms in total. The van der Waals surface area contributed by atoms with Crippen LogP contribution in [0.2, 0.25) is 0 Å². The van der Waals surface area contributed by atoms with Gasteiger partial charge in [-0.1, -0.05) is 19.1 Å². The van der Waals surface area contributed by atoms with Crippen molar-refractivity contribution in [1.29, 1.82) is 0 Å². The third kappa shape index (κ3) is 4.61. The number of hydrogen-bond acceptors (Lipinski definition) is 4. The summed E-state index contributed by atoms with van der Waals surface area (Å²) in [6.45, 7) is 4.60. The van der Waals surface area contributed by atoms with Crippen LogP contribution in [0.25, 0.3) is 10.2 Å². The van der Waals surface area contributed by atoms with Gasteiger partial charge in [0.2, 0.25) is 5.91 Å². The van der Waals surface area contributed by atoms with E-state index in [-0.39, 0.29) is 17.7 Å². The molecule has 164 valence electrons. The molecule has 0 bridgehead atoms. The Morgan fingerprint density at radius 2 is 2.00 bits per heavy atom. The highest BCUT2D eigenvalue weighted by Crippen LogP contribution is 2.29. The van der Waals surface area contributed by atoms with Crippen LogP contribution < -0.4 is 10.1 Å². The maximum Gasteiger partial charge on any atom is 0.270 e. The van der Waals surface area contributed by atoms with Crippen LogP contribution >= 0.6 is 11.3 Å². The van der Waals surface area contributed by atoms with E-state index in [4.69, 9.17) is 4.74 Å². The zero-order chi connectivity index (χ0) is 21.8. The molecule has 1 saturated heterocycles. The maximum atomic E-state index is 13.4. The molecule has 0 spiro atoms. The van der Waals surface area contributed by atoms with Crippen molar-refractivity contribution in [3.63, 3.8) is 0 Å². The van der Waals surface area contributed by atoms with Gasteiger partial charge in [-0.25, -0.2) is 0 Å². The Balaban J connectivity index is 1.52. The van der Waals surface area contributed by atoms with Crippen LogP contribution in [0.3, 0.4) is 0 Å². The molecular formula is C24H29N3O3S. The number of hydrogen-bond donors (Lipinski definition) is 1. The van der Waals surface area contributed by atoms with Crippen molar-refractivity contribution < 1.29 is 14.3 Å². The summed E-state index contributed by atoms with van der Waals surface area (Å²) < 4.78 is 7.47. The Morgan fingerprint density at radius 3 is 2.74 bits per heavy atom. The number of nitrogens with one attached hydrogen (secondary N) is 1. The van der Waals surface area contributed by atoms with Gasteiger partial charge in [-0.15, -0.1) is 11.3 Å². The number of amides is 2. The van der Waals surface area contributed by atoms with E-state index >= 15 is 0 Å². The van der Waals surface area contributed by atoms with Crippen LogP contribution in [0.4, 0.5) is 0 Å². The molecule has 3 heterocycles. The molecule has 1 aliphatic rings. The summed E-state index contributed by atoms with van der Waals surface area (Å²) >= 11 is 1.65. The lowest BCUT2D eigenvalue weighted by molar-refractivity contribution is -0.126. The van der Waals surface area contributed by atoms with Crippen molar-refractivity contribution in [2.24, 2.45) is 5.92 Å². The molecule has 4 rings (SSSR count). The summed E-state index contributed by atoms with van der Waals surface area (Å²) in [6, 6.07) is 12.0. The van der Waals surface area contributed by atoms with Crippen LogP contribution in [0.1, 0.15) is 42.2 Å². The lowest BCUT2D eigenvalue weighted by atomic mass is 9.95. The summed E-state index contributed by atoms with van der Waals surface area (Å²) in [5, 5.41) is 6.13. The molecule has 0 radical (unpaired) electrons. The first-order chi connectivity index (χ1) is 15.1. The van der Waals surface area contributed by atoms with Crippen LogP contribution in [-0.2, 0) is 11.3 Å². The molecule has 7 heteroatoms. The fourth-order valence-corrected chi connectivity index (χ4v) is 5.06. The largest absolute Gasteiger partial charge is 0.497 e. The Labute approximate surface area is 186 Å². The number of carbonyl (C=O) groups excluding carboxylic acids is 2. The standard InChI is InChI=1S/C24H29N3O3S/c1-3-10-25-22(28)18-7-11-26(12-8-18)23(29)21-15-19-9-13-31-24(19)27(21)16-17-5-4-6-20(14-17)30-2/h4-6,9,13-15,18H,3,7-8,10-12,16H2,1-2H3,(H,25,28). The number of nitrogens with zero attached hydrogens (tertiary/aromatic N) is 2. The molecular weight excluding hydrogens is 410 g/mol. The first kappa shape index (κ1) is 21.4. The molecule has 31 heavy (non-hydrogen) atoms. The van der Waals surface area contributed by atoms with Crippen LogP contribution in [-0.4, -0.2) is 48.0 Å². The fraction of sp³-hybridized carbons (Fsp3) is 0.417. The maximum absolute atomic E-state index is 13.4. The van der Waals surface area contributed by atoms with Gasteiger partial charge in [0.05, 0.1) is 7.11 Å². The summed E-state index contributed by atoms with van der Waals surface area (Å²) in [6.07, 6.45) is 2.36. The Bertz CT molecular complexity index is 1060. The second-order valence-corrected chi connectivity index (χ2v) is 8.90. The molecule has 3 aromatic rings. The van der Waals surface area contributed by atoms with Crippen molar-refractivity contribution in [2.75, 3.05) is 26.7 Å². The molecule has 0 unspecified atom stereocenters. The van der Waals surface area contributed by atoms with E-state index < -0.39 is 0 Å². The van der Waals surface area contributed by atoms with Gasteiger partial charge >= 0.3 is 0 Å². The minimum absolute atomic E-state index is 0.00247. The number of thiophene rings is 1. The smallest absolute Gasteiger partial charge is 0.270 e. The average Bonchev–Trinajstić information content (AvgIpc) is 3.40. The van der Waals surface area contributed by atoms with Crippen LogP contribution in [0.5, 0.6) is 5.75 Å². The third-order valence-corrected chi connectivity index (χ3v) is 6.85. The second kappa shape index (κ2) is 9.56. The molecule has 1 aliphatic heterocycles. The number of benzene rings is 1. The van der Waals surface area contributed by atoms with Gasteiger partial charge < -0.3 is 19.5 Å². The Morgan fingerprint density at radius 1 is 1.19 bits per heavy atom. The zero-order valence-electron chi connectivity index (χ0n) is 18.1. The van der Waals surface area contributed by atoms with Gasteiger partial charge in [0, 0.05) is 37.5 Å². The highest BCUT2D eigenvalue weighted by atomic mass is 32.1. The van der Waals surface area contributed by atoms with Crippen molar-refractivity contribution in [3.05, 3.63) is 53.0 Å². The minimum Gasteiger partial charge on any atom is -0.497 e. The number of methoxy groups -OCH3 is 1. The number of ether oxygens (including phenoxy) is 1. The molecule has 1 N–H and O–H groups in total. The van der Waals surface area contributed by atoms with Crippen LogP contribution in [0, 0.1) is 5.92 Å². The quantitative estimate of drug-likeness (QED) is 0.602. The number of fused-ring (bicyclic) bond motifs is 1. The Kier molecular flexibility index (Phi) is 6.61. The normalized spacial score (nSPS) is 14.7. The summed E-state index contributed by atoms with van der Waals surface area (Å²) in [5.41, 5.74) is 1.80. The van der Waals surface area contributed by atoms with E-state index in [1.165, 1.54) is 0 Å².